The molecule has 3 heterocycles. The molecule has 168 valence electrons. The zero-order chi connectivity index (χ0) is 22.5. The van der Waals surface area contributed by atoms with Crippen LogP contribution in [-0.4, -0.2) is 65.0 Å². The van der Waals surface area contributed by atoms with Crippen molar-refractivity contribution in [1.82, 2.24) is 20.0 Å². The lowest BCUT2D eigenvalue weighted by molar-refractivity contribution is -0.131. The van der Waals surface area contributed by atoms with Crippen LogP contribution in [0.1, 0.15) is 16.8 Å². The number of pyridine rings is 1. The molecular weight excluding hydrogens is 424 g/mol. The van der Waals surface area contributed by atoms with Gasteiger partial charge in [-0.25, -0.2) is 9.78 Å². The maximum Gasteiger partial charge on any atom is 0.345 e. The van der Waals surface area contributed by atoms with Gasteiger partial charge < -0.3 is 19.1 Å². The second-order valence-corrected chi connectivity index (χ2v) is 7.09. The highest BCUT2D eigenvalue weighted by molar-refractivity contribution is 5.89. The molecule has 0 saturated carbocycles. The minimum absolute atomic E-state index is 0.159. The van der Waals surface area contributed by atoms with Crippen LogP contribution in [0.4, 0.5) is 14.5 Å². The van der Waals surface area contributed by atoms with Crippen LogP contribution in [-0.2, 0) is 9.47 Å². The van der Waals surface area contributed by atoms with Gasteiger partial charge in [0, 0.05) is 18.2 Å². The molecule has 0 N–H and O–H groups in total. The molecule has 0 amide bonds. The van der Waals surface area contributed by atoms with Crippen LogP contribution in [0.3, 0.4) is 0 Å². The van der Waals surface area contributed by atoms with E-state index in [1.807, 2.05) is 4.90 Å². The van der Waals surface area contributed by atoms with E-state index in [4.69, 9.17) is 9.47 Å². The zero-order valence-electron chi connectivity index (χ0n) is 17.2. The number of methoxy groups -OCH3 is 1. The summed E-state index contributed by atoms with van der Waals surface area (Å²) in [6.45, 7) is -2.57. The van der Waals surface area contributed by atoms with Crippen molar-refractivity contribution in [1.29, 1.82) is 0 Å². The summed E-state index contributed by atoms with van der Waals surface area (Å²) in [5, 5.41) is 8.09. The quantitative estimate of drug-likeness (QED) is 0.489. The van der Waals surface area contributed by atoms with Crippen LogP contribution in [0, 0.1) is 0 Å². The number of benzene rings is 1. The van der Waals surface area contributed by atoms with Crippen LogP contribution >= 0.6 is 0 Å². The molecule has 0 spiro atoms. The van der Waals surface area contributed by atoms with Gasteiger partial charge in [-0.3, -0.25) is 0 Å². The fourth-order valence-electron chi connectivity index (χ4n) is 3.60. The fourth-order valence-corrected chi connectivity index (χ4v) is 3.60. The van der Waals surface area contributed by atoms with Crippen molar-refractivity contribution < 1.29 is 27.8 Å². The van der Waals surface area contributed by atoms with Crippen molar-refractivity contribution in [3.05, 3.63) is 60.6 Å². The van der Waals surface area contributed by atoms with Crippen molar-refractivity contribution in [3.63, 3.8) is 0 Å². The van der Waals surface area contributed by atoms with Gasteiger partial charge in [0.05, 0.1) is 50.5 Å². The highest BCUT2D eigenvalue weighted by Crippen LogP contribution is 2.29. The van der Waals surface area contributed by atoms with Crippen LogP contribution in [0.25, 0.3) is 5.69 Å². The average molecular weight is 445 g/mol. The molecule has 0 bridgehead atoms. The summed E-state index contributed by atoms with van der Waals surface area (Å²) < 4.78 is 40.6. The Kier molecular flexibility index (Phi) is 6.55. The van der Waals surface area contributed by atoms with Gasteiger partial charge in [0.1, 0.15) is 11.8 Å². The Balaban J connectivity index is 1.46. The number of aromatic nitrogens is 4. The third kappa shape index (κ3) is 4.99. The molecule has 1 fully saturated rings. The topological polar surface area (TPSA) is 91.6 Å². The van der Waals surface area contributed by atoms with Gasteiger partial charge in [-0.2, -0.15) is 23.8 Å². The molecule has 9 nitrogen and oxygen atoms in total. The number of hydrogen-bond donors (Lipinski definition) is 0. The first-order chi connectivity index (χ1) is 15.5. The number of hydrogen-bond acceptors (Lipinski definition) is 8. The molecule has 11 heteroatoms. The van der Waals surface area contributed by atoms with E-state index in [0.717, 1.165) is 5.69 Å². The Labute approximate surface area is 182 Å². The Morgan fingerprint density at radius 2 is 1.84 bits per heavy atom. The SMILES string of the molecule is COC(=O)c1ccc(N2C[C@@H](Oc3ccc(-n4nccn4)cn3)C[C@H]2COC(F)F)cc1. The van der Waals surface area contributed by atoms with Crippen LogP contribution < -0.4 is 9.64 Å². The number of esters is 1. The molecule has 0 unspecified atom stereocenters. The van der Waals surface area contributed by atoms with Crippen LogP contribution in [0.5, 0.6) is 5.88 Å². The number of rotatable bonds is 8. The second kappa shape index (κ2) is 9.69. The largest absolute Gasteiger partial charge is 0.472 e. The van der Waals surface area contributed by atoms with Gasteiger partial charge in [0.25, 0.3) is 0 Å². The minimum atomic E-state index is -2.86. The van der Waals surface area contributed by atoms with Crippen molar-refractivity contribution >= 4 is 11.7 Å². The standard InChI is InChI=1S/C21H21F2N5O4/c1-30-20(29)14-2-4-15(5-3-14)27-12-18(10-17(27)13-31-21(22)23)32-19-7-6-16(11-24-19)28-25-8-9-26-28/h2-9,11,17-18,21H,10,12-13H2,1H3/t17-,18-/m0/s1. The van der Waals surface area contributed by atoms with Gasteiger partial charge in [0.15, 0.2) is 0 Å². The summed E-state index contributed by atoms with van der Waals surface area (Å²) in [6, 6.07) is 9.90. The summed E-state index contributed by atoms with van der Waals surface area (Å²) in [6.07, 6.45) is 4.90. The first-order valence-electron chi connectivity index (χ1n) is 9.87. The van der Waals surface area contributed by atoms with E-state index in [1.54, 1.807) is 55.0 Å². The fraction of sp³-hybridized carbons (Fsp3) is 0.333. The van der Waals surface area contributed by atoms with Gasteiger partial charge in [0.2, 0.25) is 5.88 Å². The number of nitrogens with zero attached hydrogens (tertiary/aromatic N) is 5. The third-order valence-electron chi connectivity index (χ3n) is 5.07. The van der Waals surface area contributed by atoms with E-state index >= 15 is 0 Å². The maximum absolute atomic E-state index is 12.7. The molecule has 2 aromatic heterocycles. The Morgan fingerprint density at radius 3 is 2.47 bits per heavy atom. The van der Waals surface area contributed by atoms with E-state index in [-0.39, 0.29) is 18.8 Å². The summed E-state index contributed by atoms with van der Waals surface area (Å²) in [4.78, 5) is 19.3. The summed E-state index contributed by atoms with van der Waals surface area (Å²) in [5.41, 5.74) is 1.85. The molecular formula is C21H21F2N5O4. The van der Waals surface area contributed by atoms with Gasteiger partial charge in [-0.1, -0.05) is 0 Å². The summed E-state index contributed by atoms with van der Waals surface area (Å²) in [7, 11) is 1.31. The monoisotopic (exact) mass is 445 g/mol. The van der Waals surface area contributed by atoms with Crippen molar-refractivity contribution in [2.24, 2.45) is 0 Å². The Morgan fingerprint density at radius 1 is 1.12 bits per heavy atom. The van der Waals surface area contributed by atoms with Gasteiger partial charge in [-0.05, 0) is 30.3 Å². The van der Waals surface area contributed by atoms with E-state index < -0.39 is 12.6 Å². The molecule has 1 aromatic carbocycles. The van der Waals surface area contributed by atoms with E-state index in [9.17, 15) is 13.6 Å². The molecule has 1 saturated heterocycles. The second-order valence-electron chi connectivity index (χ2n) is 7.09. The predicted octanol–water partition coefficient (Wildman–Crippen LogP) is 2.71. The van der Waals surface area contributed by atoms with Crippen molar-refractivity contribution in [3.8, 4) is 11.6 Å². The van der Waals surface area contributed by atoms with E-state index in [1.165, 1.54) is 11.9 Å². The molecule has 2 atom stereocenters. The molecule has 4 rings (SSSR count). The van der Waals surface area contributed by atoms with Crippen LogP contribution in [0.2, 0.25) is 0 Å². The van der Waals surface area contributed by atoms with E-state index in [0.29, 0.717) is 30.1 Å². The third-order valence-corrected chi connectivity index (χ3v) is 5.07. The highest BCUT2D eigenvalue weighted by atomic mass is 19.3. The van der Waals surface area contributed by atoms with Gasteiger partial charge >= 0.3 is 12.6 Å². The van der Waals surface area contributed by atoms with Crippen LogP contribution in [0.15, 0.2) is 55.0 Å². The normalized spacial score (nSPS) is 18.2. The zero-order valence-corrected chi connectivity index (χ0v) is 17.2. The highest BCUT2D eigenvalue weighted by Gasteiger charge is 2.34. The number of ether oxygens (including phenoxy) is 3. The number of carbonyl (C=O) groups excluding carboxylic acids is 1. The molecule has 1 aliphatic heterocycles. The number of alkyl halides is 2. The van der Waals surface area contributed by atoms with Crippen molar-refractivity contribution in [2.75, 3.05) is 25.2 Å². The molecule has 1 aliphatic rings. The smallest absolute Gasteiger partial charge is 0.345 e. The lowest BCUT2D eigenvalue weighted by Gasteiger charge is -2.26. The Hall–Kier alpha value is -3.60. The predicted molar refractivity (Wildman–Crippen MR) is 109 cm³/mol. The number of carbonyl (C=O) groups is 1. The average Bonchev–Trinajstić information content (AvgIpc) is 3.48. The maximum atomic E-state index is 12.7. The lowest BCUT2D eigenvalue weighted by Crippen LogP contribution is -2.34. The van der Waals surface area contributed by atoms with Crippen molar-refractivity contribution in [2.45, 2.75) is 25.2 Å². The summed E-state index contributed by atoms with van der Waals surface area (Å²) in [5.74, 6) is -0.0427. The molecule has 0 radical (unpaired) electrons. The Bertz CT molecular complexity index is 1020. The molecule has 0 aliphatic carbocycles. The first kappa shape index (κ1) is 21.6. The molecule has 3 aromatic rings. The van der Waals surface area contributed by atoms with Gasteiger partial charge in [-0.15, -0.1) is 0 Å². The molecule has 32 heavy (non-hydrogen) atoms. The summed E-state index contributed by atoms with van der Waals surface area (Å²) >= 11 is 0. The number of anilines is 1. The lowest BCUT2D eigenvalue weighted by atomic mass is 10.1. The first-order valence-corrected chi connectivity index (χ1v) is 9.87. The minimum Gasteiger partial charge on any atom is -0.472 e. The van der Waals surface area contributed by atoms with E-state index in [2.05, 4.69) is 19.9 Å². The number of halogens is 2.